The first-order valence-electron chi connectivity index (χ1n) is 7.76. The molecule has 2 N–H and O–H groups in total. The van der Waals surface area contributed by atoms with E-state index in [-0.39, 0.29) is 5.69 Å². The molecule has 1 aromatic heterocycles. The van der Waals surface area contributed by atoms with Gasteiger partial charge in [-0.25, -0.2) is 14.8 Å². The summed E-state index contributed by atoms with van der Waals surface area (Å²) < 4.78 is 0. The van der Waals surface area contributed by atoms with E-state index in [0.29, 0.717) is 11.7 Å². The summed E-state index contributed by atoms with van der Waals surface area (Å²) in [6.07, 6.45) is 9.52. The molecule has 2 fully saturated rings. The molecule has 1 saturated carbocycles. The van der Waals surface area contributed by atoms with Crippen LogP contribution in [0.4, 0.5) is 5.82 Å². The summed E-state index contributed by atoms with van der Waals surface area (Å²) in [6, 6.07) is 0.779. The third kappa shape index (κ3) is 3.32. The zero-order valence-electron chi connectivity index (χ0n) is 12.2. The molecule has 2 heterocycles. The number of carbonyl (C=O) groups is 1. The quantitative estimate of drug-likeness (QED) is 0.861. The Balaban J connectivity index is 1.53. The van der Waals surface area contributed by atoms with Gasteiger partial charge in [0.1, 0.15) is 0 Å². The van der Waals surface area contributed by atoms with Crippen LogP contribution in [-0.4, -0.2) is 51.6 Å². The zero-order valence-corrected chi connectivity index (χ0v) is 12.2. The molecule has 1 aromatic rings. The third-order valence-corrected chi connectivity index (χ3v) is 4.62. The van der Waals surface area contributed by atoms with Gasteiger partial charge in [0, 0.05) is 31.5 Å². The fourth-order valence-corrected chi connectivity index (χ4v) is 3.50. The highest BCUT2D eigenvalue weighted by atomic mass is 16.4. The maximum Gasteiger partial charge on any atom is 0.358 e. The molecule has 21 heavy (non-hydrogen) atoms. The van der Waals surface area contributed by atoms with E-state index in [1.807, 2.05) is 0 Å². The first kappa shape index (κ1) is 14.3. The van der Waals surface area contributed by atoms with Gasteiger partial charge in [0.05, 0.1) is 0 Å². The summed E-state index contributed by atoms with van der Waals surface area (Å²) in [4.78, 5) is 21.7. The Labute approximate surface area is 124 Å². The summed E-state index contributed by atoms with van der Waals surface area (Å²) in [6.45, 7) is 3.05. The largest absolute Gasteiger partial charge is 0.476 e. The van der Waals surface area contributed by atoms with Gasteiger partial charge in [-0.1, -0.05) is 12.8 Å². The van der Waals surface area contributed by atoms with Gasteiger partial charge in [0.25, 0.3) is 0 Å². The van der Waals surface area contributed by atoms with E-state index in [1.165, 1.54) is 51.0 Å². The van der Waals surface area contributed by atoms with Crippen LogP contribution in [-0.2, 0) is 0 Å². The molecular formula is C15H22N4O2. The van der Waals surface area contributed by atoms with Crippen LogP contribution in [0.2, 0.25) is 0 Å². The summed E-state index contributed by atoms with van der Waals surface area (Å²) >= 11 is 0. The maximum atomic E-state index is 11.1. The van der Waals surface area contributed by atoms with Gasteiger partial charge in [-0.2, -0.15) is 0 Å². The van der Waals surface area contributed by atoms with Crippen LogP contribution < -0.4 is 5.32 Å². The summed E-state index contributed by atoms with van der Waals surface area (Å²) in [5.41, 5.74) is 0.00291. The lowest BCUT2D eigenvalue weighted by Crippen LogP contribution is -2.31. The monoisotopic (exact) mass is 290 g/mol. The number of nitrogens with zero attached hydrogens (tertiary/aromatic N) is 3. The topological polar surface area (TPSA) is 78.3 Å². The molecule has 0 radical (unpaired) electrons. The normalized spacial score (nSPS) is 23.5. The minimum atomic E-state index is -1.04. The van der Waals surface area contributed by atoms with Crippen molar-refractivity contribution in [3.05, 3.63) is 18.1 Å². The molecule has 114 valence electrons. The van der Waals surface area contributed by atoms with E-state index >= 15 is 0 Å². The molecule has 6 heteroatoms. The molecule has 0 bridgehead atoms. The molecule has 1 atom stereocenters. The van der Waals surface area contributed by atoms with Gasteiger partial charge >= 0.3 is 5.97 Å². The number of hydrogen-bond acceptors (Lipinski definition) is 5. The van der Waals surface area contributed by atoms with E-state index in [4.69, 9.17) is 5.11 Å². The van der Waals surface area contributed by atoms with Crippen molar-refractivity contribution < 1.29 is 9.90 Å². The molecule has 1 saturated heterocycles. The van der Waals surface area contributed by atoms with E-state index in [9.17, 15) is 4.79 Å². The van der Waals surface area contributed by atoms with Crippen molar-refractivity contribution in [3.8, 4) is 0 Å². The number of likely N-dealkylation sites (tertiary alicyclic amines) is 1. The lowest BCUT2D eigenvalue weighted by Gasteiger charge is -2.23. The average molecular weight is 290 g/mol. The Morgan fingerprint density at radius 2 is 2.05 bits per heavy atom. The number of carboxylic acid groups (broad SMARTS) is 1. The second-order valence-electron chi connectivity index (χ2n) is 6.03. The SMILES string of the molecule is O=C(O)c1nccnc1NC[C@H]1CCN(C2CCCC2)C1. The van der Waals surface area contributed by atoms with Crippen molar-refractivity contribution in [2.75, 3.05) is 25.0 Å². The molecule has 3 rings (SSSR count). The number of hydrogen-bond donors (Lipinski definition) is 2. The number of carboxylic acids is 1. The Morgan fingerprint density at radius 1 is 1.29 bits per heavy atom. The van der Waals surface area contributed by atoms with Gasteiger partial charge in [0.2, 0.25) is 0 Å². The van der Waals surface area contributed by atoms with Gasteiger partial charge in [0.15, 0.2) is 11.5 Å². The lowest BCUT2D eigenvalue weighted by atomic mass is 10.1. The Kier molecular flexibility index (Phi) is 4.34. The van der Waals surface area contributed by atoms with Crippen LogP contribution in [0.15, 0.2) is 12.4 Å². The molecule has 0 amide bonds. The van der Waals surface area contributed by atoms with Crippen molar-refractivity contribution in [2.24, 2.45) is 5.92 Å². The molecule has 1 aliphatic carbocycles. The minimum absolute atomic E-state index is 0.00291. The van der Waals surface area contributed by atoms with E-state index in [1.54, 1.807) is 0 Å². The van der Waals surface area contributed by atoms with Crippen LogP contribution in [0.3, 0.4) is 0 Å². The Morgan fingerprint density at radius 3 is 2.81 bits per heavy atom. The first-order chi connectivity index (χ1) is 10.2. The van der Waals surface area contributed by atoms with Crippen molar-refractivity contribution in [2.45, 2.75) is 38.1 Å². The number of rotatable bonds is 5. The average Bonchev–Trinajstić information content (AvgIpc) is 3.16. The predicted molar refractivity (Wildman–Crippen MR) is 79.4 cm³/mol. The van der Waals surface area contributed by atoms with E-state index < -0.39 is 5.97 Å². The fourth-order valence-electron chi connectivity index (χ4n) is 3.50. The van der Waals surface area contributed by atoms with Gasteiger partial charge in [-0.15, -0.1) is 0 Å². The molecule has 2 aliphatic rings. The van der Waals surface area contributed by atoms with Crippen molar-refractivity contribution >= 4 is 11.8 Å². The summed E-state index contributed by atoms with van der Waals surface area (Å²) in [7, 11) is 0. The highest BCUT2D eigenvalue weighted by Crippen LogP contribution is 2.28. The highest BCUT2D eigenvalue weighted by molar-refractivity contribution is 5.90. The fraction of sp³-hybridized carbons (Fsp3) is 0.667. The van der Waals surface area contributed by atoms with E-state index in [2.05, 4.69) is 20.2 Å². The smallest absolute Gasteiger partial charge is 0.358 e. The number of aromatic carboxylic acids is 1. The van der Waals surface area contributed by atoms with Crippen LogP contribution >= 0.6 is 0 Å². The second kappa shape index (κ2) is 6.39. The second-order valence-corrected chi connectivity index (χ2v) is 6.03. The summed E-state index contributed by atoms with van der Waals surface area (Å²) in [5, 5.41) is 12.3. The van der Waals surface area contributed by atoms with Gasteiger partial charge < -0.3 is 15.3 Å². The van der Waals surface area contributed by atoms with Gasteiger partial charge in [-0.05, 0) is 31.7 Å². The van der Waals surface area contributed by atoms with E-state index in [0.717, 1.165) is 19.1 Å². The molecular weight excluding hydrogens is 268 g/mol. The third-order valence-electron chi connectivity index (χ3n) is 4.62. The Hall–Kier alpha value is -1.69. The van der Waals surface area contributed by atoms with Crippen LogP contribution in [0, 0.1) is 5.92 Å². The lowest BCUT2D eigenvalue weighted by molar-refractivity contribution is 0.0691. The number of nitrogens with one attached hydrogen (secondary N) is 1. The van der Waals surface area contributed by atoms with Crippen molar-refractivity contribution in [1.82, 2.24) is 14.9 Å². The number of aromatic nitrogens is 2. The van der Waals surface area contributed by atoms with Crippen molar-refractivity contribution in [3.63, 3.8) is 0 Å². The maximum absolute atomic E-state index is 11.1. The molecule has 0 spiro atoms. The standard InChI is InChI=1S/C15H22N4O2/c20-15(21)13-14(17-7-6-16-13)18-9-11-5-8-19(10-11)12-3-1-2-4-12/h6-7,11-12H,1-5,8-10H2,(H,17,18)(H,20,21)/t11-/m1/s1. The Bertz CT molecular complexity index is 502. The molecule has 6 nitrogen and oxygen atoms in total. The van der Waals surface area contributed by atoms with Crippen LogP contribution in [0.25, 0.3) is 0 Å². The molecule has 1 aliphatic heterocycles. The summed E-state index contributed by atoms with van der Waals surface area (Å²) in [5.74, 6) is -0.0943. The van der Waals surface area contributed by atoms with Crippen LogP contribution in [0.5, 0.6) is 0 Å². The molecule has 0 aromatic carbocycles. The predicted octanol–water partition coefficient (Wildman–Crippen LogP) is 1.85. The zero-order chi connectivity index (χ0) is 14.7. The van der Waals surface area contributed by atoms with Crippen molar-refractivity contribution in [1.29, 1.82) is 0 Å². The van der Waals surface area contributed by atoms with Gasteiger partial charge in [-0.3, -0.25) is 0 Å². The number of anilines is 1. The minimum Gasteiger partial charge on any atom is -0.476 e. The first-order valence-corrected chi connectivity index (χ1v) is 7.76. The van der Waals surface area contributed by atoms with Crippen LogP contribution in [0.1, 0.15) is 42.6 Å². The molecule has 0 unspecified atom stereocenters. The highest BCUT2D eigenvalue weighted by Gasteiger charge is 2.29.